The van der Waals surface area contributed by atoms with Crippen molar-refractivity contribution in [3.63, 3.8) is 0 Å². The van der Waals surface area contributed by atoms with Crippen LogP contribution in [0.25, 0.3) is 0 Å². The molecule has 2 aliphatic carbocycles. The van der Waals surface area contributed by atoms with Crippen LogP contribution in [-0.2, 0) is 9.53 Å². The van der Waals surface area contributed by atoms with Gasteiger partial charge in [-0.25, -0.2) is 0 Å². The fourth-order valence-electron chi connectivity index (χ4n) is 4.83. The highest BCUT2D eigenvalue weighted by molar-refractivity contribution is 5.83. The normalized spacial score (nSPS) is 42.2. The van der Waals surface area contributed by atoms with Crippen LogP contribution in [0.15, 0.2) is 0 Å². The minimum atomic E-state index is 0.298. The molecule has 20 heavy (non-hydrogen) atoms. The summed E-state index contributed by atoms with van der Waals surface area (Å²) in [7, 11) is 0. The Morgan fingerprint density at radius 2 is 2.05 bits per heavy atom. The summed E-state index contributed by atoms with van der Waals surface area (Å²) in [5.41, 5.74) is 0.357. The lowest BCUT2D eigenvalue weighted by molar-refractivity contribution is -0.124. The Hall–Kier alpha value is -0.610. The van der Waals surface area contributed by atoms with Gasteiger partial charge in [-0.05, 0) is 63.5 Å². The summed E-state index contributed by atoms with van der Waals surface area (Å²) in [6, 6.07) is 0.378. The lowest BCUT2D eigenvalue weighted by Gasteiger charge is -2.33. The first-order valence-corrected chi connectivity index (χ1v) is 8.41. The molecule has 0 aromatic heterocycles. The first-order valence-electron chi connectivity index (χ1n) is 8.41. The topological polar surface area (TPSA) is 50.4 Å². The molecule has 4 heteroatoms. The molecular weight excluding hydrogens is 252 g/mol. The summed E-state index contributed by atoms with van der Waals surface area (Å²) in [6.07, 6.45) is 8.59. The average Bonchev–Trinajstić information content (AvgIpc) is 2.95. The van der Waals surface area contributed by atoms with Gasteiger partial charge in [0.2, 0.25) is 5.91 Å². The number of carbonyl (C=O) groups excluding carboxylic acids is 1. The van der Waals surface area contributed by atoms with Crippen molar-refractivity contribution in [1.29, 1.82) is 0 Å². The van der Waals surface area contributed by atoms with Crippen molar-refractivity contribution < 1.29 is 9.53 Å². The highest BCUT2D eigenvalue weighted by Crippen LogP contribution is 2.58. The Morgan fingerprint density at radius 3 is 2.90 bits per heavy atom. The van der Waals surface area contributed by atoms with Crippen LogP contribution in [0.3, 0.4) is 0 Å². The molecule has 1 amide bonds. The molecule has 2 saturated carbocycles. The molecule has 0 aromatic rings. The van der Waals surface area contributed by atoms with Crippen LogP contribution in [0.5, 0.6) is 0 Å². The van der Waals surface area contributed by atoms with Crippen molar-refractivity contribution in [2.45, 2.75) is 57.1 Å². The van der Waals surface area contributed by atoms with E-state index in [0.717, 1.165) is 39.0 Å². The highest BCUT2D eigenvalue weighted by Gasteiger charge is 2.58. The molecule has 4 aliphatic rings. The zero-order valence-electron chi connectivity index (χ0n) is 12.2. The van der Waals surface area contributed by atoms with Crippen molar-refractivity contribution in [3.8, 4) is 0 Å². The number of piperidine rings is 1. The Kier molecular flexibility index (Phi) is 3.26. The third kappa shape index (κ3) is 2.17. The number of hydrogen-bond donors (Lipinski definition) is 2. The third-order valence-electron chi connectivity index (χ3n) is 6.21. The maximum Gasteiger partial charge on any atom is 0.223 e. The molecule has 112 valence electrons. The molecule has 0 bridgehead atoms. The number of amides is 1. The third-order valence-corrected chi connectivity index (χ3v) is 6.21. The zero-order chi connectivity index (χ0) is 13.6. The molecular formula is C16H26N2O2. The number of hydrogen-bond acceptors (Lipinski definition) is 3. The van der Waals surface area contributed by atoms with Crippen LogP contribution in [0, 0.1) is 17.3 Å². The molecule has 1 spiro atoms. The van der Waals surface area contributed by atoms with Gasteiger partial charge in [-0.2, -0.15) is 0 Å². The molecule has 2 saturated heterocycles. The summed E-state index contributed by atoms with van der Waals surface area (Å²) in [4.78, 5) is 12.6. The van der Waals surface area contributed by atoms with E-state index in [2.05, 4.69) is 10.6 Å². The summed E-state index contributed by atoms with van der Waals surface area (Å²) >= 11 is 0. The van der Waals surface area contributed by atoms with Gasteiger partial charge in [-0.15, -0.1) is 0 Å². The molecule has 2 aliphatic heterocycles. The van der Waals surface area contributed by atoms with Crippen molar-refractivity contribution in [2.75, 3.05) is 19.7 Å². The second kappa shape index (κ2) is 4.99. The van der Waals surface area contributed by atoms with Gasteiger partial charge in [0.1, 0.15) is 0 Å². The maximum absolute atomic E-state index is 12.6. The second-order valence-electron chi connectivity index (χ2n) is 7.28. The predicted molar refractivity (Wildman–Crippen MR) is 76.3 cm³/mol. The largest absolute Gasteiger partial charge is 0.378 e. The van der Waals surface area contributed by atoms with Crippen LogP contribution in [0.2, 0.25) is 0 Å². The maximum atomic E-state index is 12.6. The van der Waals surface area contributed by atoms with Gasteiger partial charge in [-0.1, -0.05) is 0 Å². The van der Waals surface area contributed by atoms with Crippen LogP contribution in [0.1, 0.15) is 44.9 Å². The molecule has 4 atom stereocenters. The zero-order valence-corrected chi connectivity index (χ0v) is 12.2. The number of nitrogens with one attached hydrogen (secondary N) is 2. The van der Waals surface area contributed by atoms with Gasteiger partial charge >= 0.3 is 0 Å². The van der Waals surface area contributed by atoms with E-state index in [4.69, 9.17) is 4.74 Å². The van der Waals surface area contributed by atoms with E-state index in [1.807, 2.05) is 0 Å². The van der Waals surface area contributed by atoms with Crippen LogP contribution >= 0.6 is 0 Å². The van der Waals surface area contributed by atoms with Gasteiger partial charge in [0, 0.05) is 24.5 Å². The van der Waals surface area contributed by atoms with Crippen molar-refractivity contribution in [3.05, 3.63) is 0 Å². The Labute approximate surface area is 121 Å². The molecule has 0 aromatic carbocycles. The van der Waals surface area contributed by atoms with Gasteiger partial charge < -0.3 is 15.4 Å². The van der Waals surface area contributed by atoms with Crippen LogP contribution < -0.4 is 10.6 Å². The van der Waals surface area contributed by atoms with Gasteiger partial charge in [-0.3, -0.25) is 4.79 Å². The lowest BCUT2D eigenvalue weighted by Crippen LogP contribution is -2.47. The molecule has 4 unspecified atom stereocenters. The van der Waals surface area contributed by atoms with Crippen molar-refractivity contribution in [1.82, 2.24) is 10.6 Å². The van der Waals surface area contributed by atoms with Crippen molar-refractivity contribution >= 4 is 5.91 Å². The minimum absolute atomic E-state index is 0.298. The number of ether oxygens (including phenoxy) is 1. The standard InChI is InChI=1S/C16H26N2O2/c19-15(12-10-16(12)5-7-17-8-6-16)18-13-2-1-3-14-11(13)4-9-20-14/h11-14,17H,1-10H2,(H,18,19). The monoisotopic (exact) mass is 278 g/mol. The smallest absolute Gasteiger partial charge is 0.223 e. The summed E-state index contributed by atoms with van der Waals surface area (Å²) in [5.74, 6) is 1.21. The molecule has 0 radical (unpaired) electrons. The minimum Gasteiger partial charge on any atom is -0.378 e. The fraction of sp³-hybridized carbons (Fsp3) is 0.938. The molecule has 2 N–H and O–H groups in total. The molecule has 2 heterocycles. The first kappa shape index (κ1) is 13.1. The average molecular weight is 278 g/mol. The SMILES string of the molecule is O=C(NC1CCCC2OCCC12)C1CC12CCNCC2. The quantitative estimate of drug-likeness (QED) is 0.804. The summed E-state index contributed by atoms with van der Waals surface area (Å²) < 4.78 is 5.80. The number of carbonyl (C=O) groups is 1. The van der Waals surface area contributed by atoms with E-state index in [0.29, 0.717) is 35.3 Å². The lowest BCUT2D eigenvalue weighted by atomic mass is 9.81. The van der Waals surface area contributed by atoms with Gasteiger partial charge in [0.25, 0.3) is 0 Å². The first-order chi connectivity index (χ1) is 9.78. The Balaban J connectivity index is 1.36. The van der Waals surface area contributed by atoms with E-state index >= 15 is 0 Å². The predicted octanol–water partition coefficient (Wildman–Crippen LogP) is 1.45. The summed E-state index contributed by atoms with van der Waals surface area (Å²) in [6.45, 7) is 3.07. The summed E-state index contributed by atoms with van der Waals surface area (Å²) in [5, 5.41) is 6.79. The van der Waals surface area contributed by atoms with Crippen LogP contribution in [0.4, 0.5) is 0 Å². The van der Waals surface area contributed by atoms with E-state index in [1.165, 1.54) is 25.7 Å². The fourth-order valence-corrected chi connectivity index (χ4v) is 4.83. The molecule has 4 fully saturated rings. The van der Waals surface area contributed by atoms with Gasteiger partial charge in [0.15, 0.2) is 0 Å². The van der Waals surface area contributed by atoms with E-state index in [1.54, 1.807) is 0 Å². The van der Waals surface area contributed by atoms with E-state index < -0.39 is 0 Å². The molecule has 4 rings (SSSR count). The second-order valence-corrected chi connectivity index (χ2v) is 7.28. The Bertz CT molecular complexity index is 392. The van der Waals surface area contributed by atoms with Gasteiger partial charge in [0.05, 0.1) is 6.10 Å². The molecule has 4 nitrogen and oxygen atoms in total. The van der Waals surface area contributed by atoms with Crippen molar-refractivity contribution in [2.24, 2.45) is 17.3 Å². The van der Waals surface area contributed by atoms with E-state index in [9.17, 15) is 4.79 Å². The number of fused-ring (bicyclic) bond motifs is 1. The highest BCUT2D eigenvalue weighted by atomic mass is 16.5. The Morgan fingerprint density at radius 1 is 1.20 bits per heavy atom. The van der Waals surface area contributed by atoms with Crippen LogP contribution in [-0.4, -0.2) is 37.7 Å². The van der Waals surface area contributed by atoms with E-state index in [-0.39, 0.29) is 0 Å². The number of rotatable bonds is 2.